The first kappa shape index (κ1) is 18.2. The summed E-state index contributed by atoms with van der Waals surface area (Å²) < 4.78 is 5.46. The van der Waals surface area contributed by atoms with Crippen LogP contribution in [0.2, 0.25) is 5.02 Å². The molecule has 0 fully saturated rings. The molecule has 2 atom stereocenters. The highest BCUT2D eigenvalue weighted by molar-refractivity contribution is 6.30. The molecule has 0 spiro atoms. The Morgan fingerprint density at radius 3 is 2.75 bits per heavy atom. The predicted molar refractivity (Wildman–Crippen MR) is 95.0 cm³/mol. The van der Waals surface area contributed by atoms with Crippen LogP contribution in [0.3, 0.4) is 0 Å². The van der Waals surface area contributed by atoms with E-state index < -0.39 is 0 Å². The van der Waals surface area contributed by atoms with Gasteiger partial charge in [-0.1, -0.05) is 29.8 Å². The molecule has 2 aromatic rings. The van der Waals surface area contributed by atoms with Crippen molar-refractivity contribution in [2.24, 2.45) is 0 Å². The van der Waals surface area contributed by atoms with Crippen LogP contribution in [-0.4, -0.2) is 36.6 Å². The van der Waals surface area contributed by atoms with Crippen molar-refractivity contribution in [3.8, 4) is 0 Å². The number of ether oxygens (including phenoxy) is 1. The fraction of sp³-hybridized carbons (Fsp3) is 0.333. The molecular formula is C18H22ClN3O2. The van der Waals surface area contributed by atoms with Gasteiger partial charge in [-0.25, -0.2) is 4.79 Å². The SMILES string of the molecule is CO[C@@H](CNC(=O)N(C)[C@@H](C)c1ccccn1)c1cccc(Cl)c1. The van der Waals surface area contributed by atoms with E-state index in [1.54, 1.807) is 31.3 Å². The first-order valence-corrected chi connectivity index (χ1v) is 8.10. The largest absolute Gasteiger partial charge is 0.375 e. The van der Waals surface area contributed by atoms with E-state index in [0.717, 1.165) is 11.3 Å². The number of halogens is 1. The van der Waals surface area contributed by atoms with E-state index in [9.17, 15) is 4.79 Å². The maximum atomic E-state index is 12.4. The van der Waals surface area contributed by atoms with E-state index in [2.05, 4.69) is 10.3 Å². The third kappa shape index (κ3) is 4.69. The molecule has 0 aliphatic heterocycles. The highest BCUT2D eigenvalue weighted by Crippen LogP contribution is 2.20. The van der Waals surface area contributed by atoms with Crippen LogP contribution in [0.5, 0.6) is 0 Å². The van der Waals surface area contributed by atoms with E-state index in [1.165, 1.54) is 0 Å². The van der Waals surface area contributed by atoms with Crippen LogP contribution in [-0.2, 0) is 4.74 Å². The summed E-state index contributed by atoms with van der Waals surface area (Å²) in [4.78, 5) is 18.3. The van der Waals surface area contributed by atoms with Crippen molar-refractivity contribution in [2.45, 2.75) is 19.1 Å². The quantitative estimate of drug-likeness (QED) is 0.864. The maximum Gasteiger partial charge on any atom is 0.317 e. The average molecular weight is 348 g/mol. The summed E-state index contributed by atoms with van der Waals surface area (Å²) in [6.07, 6.45) is 1.46. The molecule has 5 nitrogen and oxygen atoms in total. The van der Waals surface area contributed by atoms with Gasteiger partial charge in [0.15, 0.2) is 0 Å². The van der Waals surface area contributed by atoms with Gasteiger partial charge in [-0.15, -0.1) is 0 Å². The van der Waals surface area contributed by atoms with Crippen molar-refractivity contribution >= 4 is 17.6 Å². The lowest BCUT2D eigenvalue weighted by Gasteiger charge is -2.26. The second-order valence-electron chi connectivity index (χ2n) is 5.51. The predicted octanol–water partition coefficient (Wildman–Crippen LogP) is 3.83. The Morgan fingerprint density at radius 2 is 2.12 bits per heavy atom. The number of hydrogen-bond acceptors (Lipinski definition) is 3. The molecule has 128 valence electrons. The van der Waals surface area contributed by atoms with Crippen LogP contribution in [0.4, 0.5) is 4.79 Å². The molecular weight excluding hydrogens is 326 g/mol. The molecule has 0 saturated heterocycles. The highest BCUT2D eigenvalue weighted by atomic mass is 35.5. The van der Waals surface area contributed by atoms with E-state index in [-0.39, 0.29) is 18.2 Å². The third-order valence-electron chi connectivity index (χ3n) is 3.96. The normalized spacial score (nSPS) is 13.2. The lowest BCUT2D eigenvalue weighted by molar-refractivity contribution is 0.101. The second-order valence-corrected chi connectivity index (χ2v) is 5.94. The smallest absolute Gasteiger partial charge is 0.317 e. The number of methoxy groups -OCH3 is 1. The Morgan fingerprint density at radius 1 is 1.33 bits per heavy atom. The van der Waals surface area contributed by atoms with E-state index in [0.29, 0.717) is 11.6 Å². The zero-order valence-electron chi connectivity index (χ0n) is 14.1. The lowest BCUT2D eigenvalue weighted by atomic mass is 10.1. The molecule has 0 aliphatic rings. The van der Waals surface area contributed by atoms with Crippen LogP contribution in [0.25, 0.3) is 0 Å². The van der Waals surface area contributed by atoms with Crippen molar-refractivity contribution in [3.63, 3.8) is 0 Å². The number of nitrogens with zero attached hydrogens (tertiary/aromatic N) is 2. The lowest BCUT2D eigenvalue weighted by Crippen LogP contribution is -2.40. The Hall–Kier alpha value is -2.11. The van der Waals surface area contributed by atoms with Gasteiger partial charge in [0.05, 0.1) is 17.8 Å². The van der Waals surface area contributed by atoms with Gasteiger partial charge in [-0.05, 0) is 36.8 Å². The number of carbonyl (C=O) groups excluding carboxylic acids is 1. The van der Waals surface area contributed by atoms with Crippen molar-refractivity contribution in [3.05, 3.63) is 64.9 Å². The van der Waals surface area contributed by atoms with Crippen LogP contribution in [0.1, 0.15) is 30.3 Å². The van der Waals surface area contributed by atoms with Crippen molar-refractivity contribution < 1.29 is 9.53 Å². The van der Waals surface area contributed by atoms with E-state index in [1.807, 2.05) is 43.3 Å². The molecule has 0 saturated carbocycles. The van der Waals surface area contributed by atoms with Gasteiger partial charge in [-0.2, -0.15) is 0 Å². The Kier molecular flexibility index (Phi) is 6.58. The Labute approximate surface area is 147 Å². The molecule has 0 unspecified atom stereocenters. The second kappa shape index (κ2) is 8.66. The summed E-state index contributed by atoms with van der Waals surface area (Å²) in [6.45, 7) is 2.29. The zero-order valence-corrected chi connectivity index (χ0v) is 14.8. The van der Waals surface area contributed by atoms with Gasteiger partial charge in [0.2, 0.25) is 0 Å². The summed E-state index contributed by atoms with van der Waals surface area (Å²) in [5.41, 5.74) is 1.76. The molecule has 1 aromatic heterocycles. The van der Waals surface area contributed by atoms with Crippen LogP contribution >= 0.6 is 11.6 Å². The summed E-state index contributed by atoms with van der Waals surface area (Å²) >= 11 is 6.01. The number of hydrogen-bond donors (Lipinski definition) is 1. The number of urea groups is 1. The summed E-state index contributed by atoms with van der Waals surface area (Å²) in [5.74, 6) is 0. The zero-order chi connectivity index (χ0) is 17.5. The summed E-state index contributed by atoms with van der Waals surface area (Å²) in [5, 5.41) is 3.53. The molecule has 2 rings (SSSR count). The molecule has 1 aromatic carbocycles. The number of rotatable bonds is 6. The minimum atomic E-state index is -0.258. The molecule has 0 aliphatic carbocycles. The van der Waals surface area contributed by atoms with Crippen LogP contribution in [0.15, 0.2) is 48.7 Å². The number of amides is 2. The Bertz CT molecular complexity index is 666. The van der Waals surface area contributed by atoms with Gasteiger partial charge < -0.3 is 15.0 Å². The monoisotopic (exact) mass is 347 g/mol. The van der Waals surface area contributed by atoms with E-state index >= 15 is 0 Å². The number of carbonyl (C=O) groups is 1. The van der Waals surface area contributed by atoms with Gasteiger partial charge in [0, 0.05) is 31.9 Å². The highest BCUT2D eigenvalue weighted by Gasteiger charge is 2.19. The van der Waals surface area contributed by atoms with Crippen LogP contribution in [0, 0.1) is 0 Å². The van der Waals surface area contributed by atoms with Gasteiger partial charge in [0.1, 0.15) is 0 Å². The number of pyridine rings is 1. The molecule has 1 heterocycles. The molecule has 0 radical (unpaired) electrons. The van der Waals surface area contributed by atoms with Crippen molar-refractivity contribution in [2.75, 3.05) is 20.7 Å². The number of aromatic nitrogens is 1. The summed E-state index contributed by atoms with van der Waals surface area (Å²) in [7, 11) is 3.35. The number of nitrogens with one attached hydrogen (secondary N) is 1. The minimum absolute atomic E-state index is 0.127. The molecule has 2 amide bonds. The molecule has 1 N–H and O–H groups in total. The van der Waals surface area contributed by atoms with Crippen molar-refractivity contribution in [1.82, 2.24) is 15.2 Å². The van der Waals surface area contributed by atoms with Gasteiger partial charge >= 0.3 is 6.03 Å². The maximum absolute atomic E-state index is 12.4. The number of benzene rings is 1. The summed E-state index contributed by atoms with van der Waals surface area (Å²) in [6, 6.07) is 12.8. The Balaban J connectivity index is 1.96. The van der Waals surface area contributed by atoms with Crippen LogP contribution < -0.4 is 5.32 Å². The van der Waals surface area contributed by atoms with Gasteiger partial charge in [0.25, 0.3) is 0 Å². The third-order valence-corrected chi connectivity index (χ3v) is 4.20. The molecule has 0 bridgehead atoms. The minimum Gasteiger partial charge on any atom is -0.375 e. The topological polar surface area (TPSA) is 54.5 Å². The fourth-order valence-corrected chi connectivity index (χ4v) is 2.54. The molecule has 24 heavy (non-hydrogen) atoms. The standard InChI is InChI=1S/C18H22ClN3O2/c1-13(16-9-4-5-10-20-16)22(2)18(23)21-12-17(24-3)14-7-6-8-15(19)11-14/h4-11,13,17H,12H2,1-3H3,(H,21,23)/t13-,17-/m0/s1. The molecule has 6 heteroatoms. The fourth-order valence-electron chi connectivity index (χ4n) is 2.35. The first-order chi connectivity index (χ1) is 11.5. The first-order valence-electron chi connectivity index (χ1n) is 7.72. The van der Waals surface area contributed by atoms with E-state index in [4.69, 9.17) is 16.3 Å². The van der Waals surface area contributed by atoms with Gasteiger partial charge in [-0.3, -0.25) is 4.98 Å². The average Bonchev–Trinajstić information content (AvgIpc) is 2.61. The van der Waals surface area contributed by atoms with Crippen molar-refractivity contribution in [1.29, 1.82) is 0 Å².